The fourth-order valence-electron chi connectivity index (χ4n) is 1.32. The highest BCUT2D eigenvalue weighted by Crippen LogP contribution is 2.10. The summed E-state index contributed by atoms with van der Waals surface area (Å²) in [6, 6.07) is 0.429. The van der Waals surface area contributed by atoms with E-state index in [4.69, 9.17) is 0 Å². The van der Waals surface area contributed by atoms with Crippen LogP contribution in [0.25, 0.3) is 0 Å². The van der Waals surface area contributed by atoms with E-state index in [9.17, 15) is 0 Å². The first-order valence-electron chi connectivity index (χ1n) is 5.57. The van der Waals surface area contributed by atoms with Crippen LogP contribution in [0.1, 0.15) is 20.3 Å². The summed E-state index contributed by atoms with van der Waals surface area (Å²) < 4.78 is 0. The largest absolute Gasteiger partial charge is 0.369 e. The SMILES string of the molecule is CCNc1cncc(NC(C)CCSC)n1. The van der Waals surface area contributed by atoms with Gasteiger partial charge in [-0.05, 0) is 32.3 Å². The zero-order valence-corrected chi connectivity index (χ0v) is 11.0. The molecule has 0 spiro atoms. The van der Waals surface area contributed by atoms with Gasteiger partial charge in [0.2, 0.25) is 0 Å². The molecule has 2 N–H and O–H groups in total. The average molecular weight is 240 g/mol. The quantitative estimate of drug-likeness (QED) is 0.766. The molecule has 0 saturated carbocycles. The third kappa shape index (κ3) is 4.70. The molecule has 4 nitrogen and oxygen atoms in total. The Kier molecular flexibility index (Phi) is 6.00. The van der Waals surface area contributed by atoms with E-state index in [0.717, 1.165) is 30.4 Å². The lowest BCUT2D eigenvalue weighted by molar-refractivity contribution is 0.766. The third-order valence-corrected chi connectivity index (χ3v) is 2.79. The topological polar surface area (TPSA) is 49.8 Å². The van der Waals surface area contributed by atoms with Crippen molar-refractivity contribution in [2.45, 2.75) is 26.3 Å². The Hall–Kier alpha value is -0.970. The van der Waals surface area contributed by atoms with Crippen LogP contribution in [0.3, 0.4) is 0 Å². The van der Waals surface area contributed by atoms with E-state index < -0.39 is 0 Å². The van der Waals surface area contributed by atoms with Crippen LogP contribution in [0.2, 0.25) is 0 Å². The number of aromatic nitrogens is 2. The standard InChI is InChI=1S/C11H20N4S/c1-4-13-10-7-12-8-11(15-10)14-9(2)5-6-16-3/h7-9H,4-6H2,1-3H3,(H2,13,14,15). The molecule has 1 aromatic rings. The monoisotopic (exact) mass is 240 g/mol. The van der Waals surface area contributed by atoms with Gasteiger partial charge in [0, 0.05) is 12.6 Å². The first-order valence-corrected chi connectivity index (χ1v) is 6.97. The molecule has 0 fully saturated rings. The van der Waals surface area contributed by atoms with Gasteiger partial charge in [0.05, 0.1) is 12.4 Å². The van der Waals surface area contributed by atoms with Crippen molar-refractivity contribution in [3.63, 3.8) is 0 Å². The van der Waals surface area contributed by atoms with Crippen LogP contribution >= 0.6 is 11.8 Å². The molecule has 1 aromatic heterocycles. The van der Waals surface area contributed by atoms with E-state index in [1.165, 1.54) is 0 Å². The Bertz CT molecular complexity index is 306. The van der Waals surface area contributed by atoms with Crippen molar-refractivity contribution in [1.29, 1.82) is 0 Å². The maximum absolute atomic E-state index is 4.42. The van der Waals surface area contributed by atoms with E-state index >= 15 is 0 Å². The van der Waals surface area contributed by atoms with Crippen molar-refractivity contribution >= 4 is 23.4 Å². The molecule has 0 aromatic carbocycles. The Morgan fingerprint density at radius 2 is 2.12 bits per heavy atom. The summed E-state index contributed by atoms with van der Waals surface area (Å²) in [6.45, 7) is 5.07. The molecule has 0 aliphatic heterocycles. The number of nitrogens with zero attached hydrogens (tertiary/aromatic N) is 2. The fourth-order valence-corrected chi connectivity index (χ4v) is 1.91. The normalized spacial score (nSPS) is 12.2. The van der Waals surface area contributed by atoms with Crippen LogP contribution in [-0.4, -0.2) is 34.6 Å². The Labute approximate surface area is 102 Å². The van der Waals surface area contributed by atoms with Gasteiger partial charge in [0.15, 0.2) is 0 Å². The number of nitrogens with one attached hydrogen (secondary N) is 2. The summed E-state index contributed by atoms with van der Waals surface area (Å²) in [5.74, 6) is 2.82. The number of hydrogen-bond donors (Lipinski definition) is 2. The second kappa shape index (κ2) is 7.33. The lowest BCUT2D eigenvalue weighted by Gasteiger charge is -2.14. The van der Waals surface area contributed by atoms with Crippen molar-refractivity contribution in [2.75, 3.05) is 29.2 Å². The molecule has 0 aliphatic carbocycles. The van der Waals surface area contributed by atoms with E-state index in [1.807, 2.05) is 18.7 Å². The molecular weight excluding hydrogens is 220 g/mol. The fraction of sp³-hybridized carbons (Fsp3) is 0.636. The van der Waals surface area contributed by atoms with Crippen LogP contribution in [0.5, 0.6) is 0 Å². The Morgan fingerprint density at radius 1 is 1.38 bits per heavy atom. The number of hydrogen-bond acceptors (Lipinski definition) is 5. The summed E-state index contributed by atoms with van der Waals surface area (Å²) >= 11 is 1.86. The molecule has 0 saturated heterocycles. The molecule has 1 unspecified atom stereocenters. The minimum atomic E-state index is 0.429. The van der Waals surface area contributed by atoms with Gasteiger partial charge in [-0.15, -0.1) is 0 Å². The van der Waals surface area contributed by atoms with Crippen LogP contribution in [0.4, 0.5) is 11.6 Å². The number of thioether (sulfide) groups is 1. The van der Waals surface area contributed by atoms with Gasteiger partial charge in [-0.2, -0.15) is 11.8 Å². The van der Waals surface area contributed by atoms with E-state index in [0.29, 0.717) is 6.04 Å². The predicted octanol–water partition coefficient (Wildman–Crippen LogP) is 2.46. The van der Waals surface area contributed by atoms with Gasteiger partial charge in [0.25, 0.3) is 0 Å². The lowest BCUT2D eigenvalue weighted by Crippen LogP contribution is -2.17. The van der Waals surface area contributed by atoms with Gasteiger partial charge in [-0.1, -0.05) is 0 Å². The van der Waals surface area contributed by atoms with Gasteiger partial charge in [-0.25, -0.2) is 4.98 Å². The molecule has 5 heteroatoms. The van der Waals surface area contributed by atoms with E-state index in [-0.39, 0.29) is 0 Å². The molecule has 0 radical (unpaired) electrons. The highest BCUT2D eigenvalue weighted by Gasteiger charge is 2.03. The first kappa shape index (κ1) is 13.1. The first-order chi connectivity index (χ1) is 7.76. The number of anilines is 2. The highest BCUT2D eigenvalue weighted by atomic mass is 32.2. The van der Waals surface area contributed by atoms with Crippen LogP contribution in [0, 0.1) is 0 Å². The van der Waals surface area contributed by atoms with Gasteiger partial charge < -0.3 is 10.6 Å². The zero-order valence-electron chi connectivity index (χ0n) is 10.2. The summed E-state index contributed by atoms with van der Waals surface area (Å²) in [5.41, 5.74) is 0. The Balaban J connectivity index is 2.49. The zero-order chi connectivity index (χ0) is 11.8. The molecule has 0 aliphatic rings. The molecule has 0 amide bonds. The second-order valence-electron chi connectivity index (χ2n) is 3.65. The van der Waals surface area contributed by atoms with Crippen molar-refractivity contribution in [1.82, 2.24) is 9.97 Å². The number of rotatable bonds is 7. The smallest absolute Gasteiger partial charge is 0.147 e. The maximum Gasteiger partial charge on any atom is 0.147 e. The third-order valence-electron chi connectivity index (χ3n) is 2.14. The molecule has 90 valence electrons. The highest BCUT2D eigenvalue weighted by molar-refractivity contribution is 7.98. The summed E-state index contributed by atoms with van der Waals surface area (Å²) in [4.78, 5) is 8.56. The molecule has 1 heterocycles. The molecule has 1 rings (SSSR count). The lowest BCUT2D eigenvalue weighted by atomic mass is 10.2. The van der Waals surface area contributed by atoms with E-state index in [2.05, 4.69) is 33.8 Å². The Morgan fingerprint density at radius 3 is 2.81 bits per heavy atom. The summed E-state index contributed by atoms with van der Waals surface area (Å²) in [5, 5.41) is 6.50. The van der Waals surface area contributed by atoms with Crippen LogP contribution in [0.15, 0.2) is 12.4 Å². The summed E-state index contributed by atoms with van der Waals surface area (Å²) in [7, 11) is 0. The van der Waals surface area contributed by atoms with Gasteiger partial charge in [-0.3, -0.25) is 4.98 Å². The van der Waals surface area contributed by atoms with Gasteiger partial charge in [0.1, 0.15) is 11.6 Å². The average Bonchev–Trinajstić information content (AvgIpc) is 2.27. The second-order valence-corrected chi connectivity index (χ2v) is 4.63. The minimum absolute atomic E-state index is 0.429. The van der Waals surface area contributed by atoms with Crippen molar-refractivity contribution in [3.05, 3.63) is 12.4 Å². The maximum atomic E-state index is 4.42. The summed E-state index contributed by atoms with van der Waals surface area (Å²) in [6.07, 6.45) is 6.75. The molecule has 1 atom stereocenters. The van der Waals surface area contributed by atoms with Gasteiger partial charge >= 0.3 is 0 Å². The van der Waals surface area contributed by atoms with Crippen LogP contribution in [-0.2, 0) is 0 Å². The molecule has 16 heavy (non-hydrogen) atoms. The van der Waals surface area contributed by atoms with Crippen molar-refractivity contribution in [3.8, 4) is 0 Å². The minimum Gasteiger partial charge on any atom is -0.369 e. The molecule has 0 bridgehead atoms. The molecular formula is C11H20N4S. The predicted molar refractivity (Wildman–Crippen MR) is 72.3 cm³/mol. The van der Waals surface area contributed by atoms with Crippen LogP contribution < -0.4 is 10.6 Å². The van der Waals surface area contributed by atoms with Crippen molar-refractivity contribution in [2.24, 2.45) is 0 Å². The van der Waals surface area contributed by atoms with Crippen molar-refractivity contribution < 1.29 is 0 Å². The van der Waals surface area contributed by atoms with E-state index in [1.54, 1.807) is 12.4 Å².